The number of hydrogen-bond donors (Lipinski definition) is 3. The first-order chi connectivity index (χ1) is 17.0. The highest BCUT2D eigenvalue weighted by molar-refractivity contribution is 6.31. The molecule has 1 fully saturated rings. The third-order valence-corrected chi connectivity index (χ3v) is 8.36. The van der Waals surface area contributed by atoms with E-state index in [1.807, 2.05) is 31.2 Å². The maximum Gasteiger partial charge on any atom is 0.252 e. The molecule has 4 N–H and O–H groups in total. The van der Waals surface area contributed by atoms with E-state index >= 15 is 0 Å². The molecule has 8 nitrogen and oxygen atoms in total. The van der Waals surface area contributed by atoms with Gasteiger partial charge in [0.25, 0.3) is 5.91 Å². The van der Waals surface area contributed by atoms with Gasteiger partial charge in [0.15, 0.2) is 5.72 Å². The Kier molecular flexibility index (Phi) is 3.46. The van der Waals surface area contributed by atoms with E-state index in [0.717, 1.165) is 43.7 Å². The monoisotopic (exact) mass is 468 g/mol. The van der Waals surface area contributed by atoms with Crippen molar-refractivity contribution in [3.05, 3.63) is 53.6 Å². The number of nitrogens with zero attached hydrogens (tertiary/aromatic N) is 2. The van der Waals surface area contributed by atoms with E-state index in [-0.39, 0.29) is 23.9 Å². The normalized spacial score (nSPS) is 27.3. The smallest absolute Gasteiger partial charge is 0.252 e. The number of carbonyl (C=O) groups is 1. The summed E-state index contributed by atoms with van der Waals surface area (Å²) < 4.78 is 17.2. The number of hydrogen-bond acceptors (Lipinski definition) is 5. The lowest BCUT2D eigenvalue weighted by atomic mass is 9.93. The number of amides is 1. The number of phenolic OH excluding ortho intramolecular Hbond substituents is 1. The van der Waals surface area contributed by atoms with Gasteiger partial charge in [-0.25, -0.2) is 0 Å². The molecule has 5 aromatic rings. The third-order valence-electron chi connectivity index (χ3n) is 8.36. The Morgan fingerprint density at radius 1 is 1.11 bits per heavy atom. The van der Waals surface area contributed by atoms with E-state index in [2.05, 4.69) is 26.6 Å². The molecule has 0 aliphatic carbocycles. The van der Waals surface area contributed by atoms with Crippen molar-refractivity contribution in [1.29, 1.82) is 0 Å². The van der Waals surface area contributed by atoms with Gasteiger partial charge in [-0.3, -0.25) is 4.79 Å². The van der Waals surface area contributed by atoms with Crippen LogP contribution in [0.15, 0.2) is 42.5 Å². The van der Waals surface area contributed by atoms with Crippen molar-refractivity contribution in [3.8, 4) is 5.75 Å². The van der Waals surface area contributed by atoms with Gasteiger partial charge < -0.3 is 34.8 Å². The van der Waals surface area contributed by atoms with Gasteiger partial charge >= 0.3 is 0 Å². The molecule has 1 amide bonds. The lowest BCUT2D eigenvalue weighted by molar-refractivity contribution is -0.253. The van der Waals surface area contributed by atoms with Gasteiger partial charge in [0.2, 0.25) is 0 Å². The summed E-state index contributed by atoms with van der Waals surface area (Å²) in [5.41, 5.74) is 10.9. The van der Waals surface area contributed by atoms with E-state index < -0.39 is 11.8 Å². The fourth-order valence-electron chi connectivity index (χ4n) is 7.18. The number of benzene rings is 3. The van der Waals surface area contributed by atoms with Crippen molar-refractivity contribution >= 4 is 49.5 Å². The molecule has 4 atom stereocenters. The van der Waals surface area contributed by atoms with Gasteiger partial charge in [-0.1, -0.05) is 30.3 Å². The first-order valence-corrected chi connectivity index (χ1v) is 11.9. The molecule has 0 saturated carbocycles. The maximum atomic E-state index is 13.3. The second-order valence-corrected chi connectivity index (χ2v) is 10.1. The molecule has 2 aromatic heterocycles. The Labute approximate surface area is 199 Å². The minimum atomic E-state index is -0.993. The summed E-state index contributed by atoms with van der Waals surface area (Å²) in [5, 5.41) is 18.0. The number of fused-ring (bicyclic) bond motifs is 13. The van der Waals surface area contributed by atoms with Crippen molar-refractivity contribution < 1.29 is 19.4 Å². The second kappa shape index (κ2) is 6.15. The van der Waals surface area contributed by atoms with Crippen LogP contribution in [0.25, 0.3) is 43.6 Å². The van der Waals surface area contributed by atoms with E-state index in [9.17, 15) is 9.90 Å². The number of aromatic nitrogens is 2. The predicted molar refractivity (Wildman–Crippen MR) is 132 cm³/mol. The van der Waals surface area contributed by atoms with Crippen LogP contribution in [0.4, 0.5) is 0 Å². The average Bonchev–Trinajstić information content (AvgIpc) is 3.47. The Morgan fingerprint density at radius 3 is 2.74 bits per heavy atom. The van der Waals surface area contributed by atoms with E-state index in [4.69, 9.17) is 15.2 Å². The van der Waals surface area contributed by atoms with Crippen LogP contribution in [-0.2, 0) is 21.7 Å². The fraction of sp³-hybridized carbons (Fsp3) is 0.296. The van der Waals surface area contributed by atoms with Crippen LogP contribution in [-0.4, -0.2) is 39.4 Å². The summed E-state index contributed by atoms with van der Waals surface area (Å²) in [7, 11) is 1.66. The number of carbonyl (C=O) groups excluding carboxylic acids is 1. The quantitative estimate of drug-likeness (QED) is 0.347. The molecule has 0 spiro atoms. The van der Waals surface area contributed by atoms with Crippen LogP contribution < -0.4 is 11.1 Å². The van der Waals surface area contributed by atoms with Gasteiger partial charge in [-0.2, -0.15) is 0 Å². The van der Waals surface area contributed by atoms with Gasteiger partial charge in [0.1, 0.15) is 18.1 Å². The van der Waals surface area contributed by atoms with Crippen LogP contribution in [0.2, 0.25) is 0 Å². The standard InChI is InChI=1S/C27H24N4O4/c1-27-25(34-2)15(28)10-18(35-27)30-16-8-4-3-6-12(16)20-21-14(11-29-26(21)33)19-13-7-5-9-17(32)22(13)31(27)24(19)23(20)30/h3-9,15,18,25,32H,10-11,28H2,1-2H3,(H,29,33)/t15-,18+,25-,27-/m0/s1. The molecule has 0 radical (unpaired) electrons. The highest BCUT2D eigenvalue weighted by atomic mass is 16.6. The summed E-state index contributed by atoms with van der Waals surface area (Å²) >= 11 is 0. The maximum absolute atomic E-state index is 13.3. The molecule has 2 bridgehead atoms. The first kappa shape index (κ1) is 19.7. The number of aromatic hydroxyl groups is 1. The summed E-state index contributed by atoms with van der Waals surface area (Å²) in [6, 6.07) is 13.4. The number of rotatable bonds is 1. The topological polar surface area (TPSA) is 104 Å². The molecule has 0 unspecified atom stereocenters. The van der Waals surface area contributed by atoms with E-state index in [0.29, 0.717) is 24.0 Å². The fourth-order valence-corrected chi connectivity index (χ4v) is 7.18. The summed E-state index contributed by atoms with van der Waals surface area (Å²) in [6.07, 6.45) is -0.257. The van der Waals surface area contributed by atoms with Crippen LogP contribution >= 0.6 is 0 Å². The largest absolute Gasteiger partial charge is 0.506 e. The second-order valence-electron chi connectivity index (χ2n) is 10.1. The van der Waals surface area contributed by atoms with Crippen LogP contribution in [0.3, 0.4) is 0 Å². The lowest BCUT2D eigenvalue weighted by Crippen LogP contribution is -2.59. The minimum absolute atomic E-state index is 0.0725. The molecule has 3 aromatic carbocycles. The van der Waals surface area contributed by atoms with Crippen molar-refractivity contribution in [2.45, 2.75) is 44.0 Å². The third kappa shape index (κ3) is 2.05. The summed E-state index contributed by atoms with van der Waals surface area (Å²) in [5.74, 6) is 0.0782. The Balaban J connectivity index is 1.76. The van der Waals surface area contributed by atoms with E-state index in [1.54, 1.807) is 13.2 Å². The predicted octanol–water partition coefficient (Wildman–Crippen LogP) is 3.80. The number of ether oxygens (including phenoxy) is 2. The highest BCUT2D eigenvalue weighted by Gasteiger charge is 2.52. The number of methoxy groups -OCH3 is 1. The van der Waals surface area contributed by atoms with Gasteiger partial charge in [0.05, 0.1) is 27.6 Å². The van der Waals surface area contributed by atoms with Crippen molar-refractivity contribution in [1.82, 2.24) is 14.5 Å². The molecule has 3 aliphatic rings. The highest BCUT2D eigenvalue weighted by Crippen LogP contribution is 2.54. The first-order valence-electron chi connectivity index (χ1n) is 11.9. The molecular weight excluding hydrogens is 444 g/mol. The SMILES string of the molecule is CO[C@H]1[C@@H](N)C[C@H]2O[C@]1(C)n1c3c(O)cccc3c3c4c(c5c6ccccc6n2c5c31)C(=O)NC4. The molecule has 8 heteroatoms. The molecule has 35 heavy (non-hydrogen) atoms. The van der Waals surface area contributed by atoms with E-state index in [1.165, 1.54) is 0 Å². The number of nitrogens with one attached hydrogen (secondary N) is 1. The Bertz CT molecular complexity index is 1780. The number of para-hydroxylation sites is 2. The zero-order chi connectivity index (χ0) is 23.8. The van der Waals surface area contributed by atoms with Crippen molar-refractivity contribution in [2.75, 3.05) is 7.11 Å². The Hall–Kier alpha value is -3.59. The van der Waals surface area contributed by atoms with Crippen LogP contribution in [0.1, 0.15) is 35.5 Å². The molecular formula is C27H24N4O4. The van der Waals surface area contributed by atoms with Crippen molar-refractivity contribution in [2.24, 2.45) is 5.73 Å². The van der Waals surface area contributed by atoms with Gasteiger partial charge in [-0.05, 0) is 24.6 Å². The lowest BCUT2D eigenvalue weighted by Gasteiger charge is -2.47. The zero-order valence-corrected chi connectivity index (χ0v) is 19.3. The van der Waals surface area contributed by atoms with Crippen LogP contribution in [0.5, 0.6) is 5.75 Å². The molecule has 5 heterocycles. The molecule has 3 aliphatic heterocycles. The zero-order valence-electron chi connectivity index (χ0n) is 19.3. The molecule has 1 saturated heterocycles. The van der Waals surface area contributed by atoms with Gasteiger partial charge in [0, 0.05) is 47.7 Å². The average molecular weight is 469 g/mol. The van der Waals surface area contributed by atoms with Crippen LogP contribution in [0, 0.1) is 0 Å². The minimum Gasteiger partial charge on any atom is -0.506 e. The molecule has 176 valence electrons. The van der Waals surface area contributed by atoms with Gasteiger partial charge in [-0.15, -0.1) is 0 Å². The number of phenols is 1. The number of nitrogens with two attached hydrogens (primary N) is 1. The Morgan fingerprint density at radius 2 is 1.91 bits per heavy atom. The summed E-state index contributed by atoms with van der Waals surface area (Å²) in [6.45, 7) is 2.43. The van der Waals surface area contributed by atoms with Crippen molar-refractivity contribution in [3.63, 3.8) is 0 Å². The summed E-state index contributed by atoms with van der Waals surface area (Å²) in [4.78, 5) is 13.3. The molecule has 8 rings (SSSR count).